The van der Waals surface area contributed by atoms with E-state index < -0.39 is 28.9 Å². The highest BCUT2D eigenvalue weighted by atomic mass is 79.9. The molecule has 0 radical (unpaired) electrons. The van der Waals surface area contributed by atoms with Gasteiger partial charge in [-0.1, -0.05) is 28.8 Å². The third kappa shape index (κ3) is 11.3. The molecule has 0 heterocycles. The zero-order valence-electron chi connectivity index (χ0n) is 17.0. The molecule has 0 fully saturated rings. The molecule has 0 aromatic heterocycles. The van der Waals surface area contributed by atoms with Crippen LogP contribution < -0.4 is 5.43 Å². The number of carbonyl (C=O) groups is 2. The van der Waals surface area contributed by atoms with E-state index in [-0.39, 0.29) is 0 Å². The smallest absolute Gasteiger partial charge is 0.429 e. The molecule has 2 amide bonds. The minimum Gasteiger partial charge on any atom is -0.443 e. The van der Waals surface area contributed by atoms with Crippen LogP contribution in [0.1, 0.15) is 81.1 Å². The second-order valence-electron chi connectivity index (χ2n) is 8.74. The number of unbranched alkanes of at least 4 members (excludes halogenated alkanes) is 2. The van der Waals surface area contributed by atoms with Gasteiger partial charge < -0.3 is 9.47 Å². The molecule has 0 aliphatic carbocycles. The maximum absolute atomic E-state index is 12.6. The fourth-order valence-electron chi connectivity index (χ4n) is 2.08. The minimum atomic E-state index is -0.674. The molecule has 0 bridgehead atoms. The molecule has 25 heavy (non-hydrogen) atoms. The van der Waals surface area contributed by atoms with E-state index >= 15 is 0 Å². The van der Waals surface area contributed by atoms with E-state index in [2.05, 4.69) is 21.4 Å². The van der Waals surface area contributed by atoms with Crippen LogP contribution in [0.4, 0.5) is 9.59 Å². The Morgan fingerprint density at radius 3 is 1.84 bits per heavy atom. The monoisotopic (exact) mass is 422 g/mol. The van der Waals surface area contributed by atoms with Crippen LogP contribution in [0.15, 0.2) is 0 Å². The van der Waals surface area contributed by atoms with Gasteiger partial charge in [0, 0.05) is 5.33 Å². The molecular weight excluding hydrogens is 388 g/mol. The van der Waals surface area contributed by atoms with Crippen molar-refractivity contribution in [1.82, 2.24) is 10.4 Å². The molecule has 0 unspecified atom stereocenters. The zero-order valence-corrected chi connectivity index (χ0v) is 18.6. The molecule has 0 saturated carbocycles. The van der Waals surface area contributed by atoms with Gasteiger partial charge in [0.2, 0.25) is 0 Å². The first-order chi connectivity index (χ1) is 11.2. The molecule has 7 heteroatoms. The number of hydrogen-bond donors (Lipinski definition) is 1. The van der Waals surface area contributed by atoms with Crippen molar-refractivity contribution in [2.45, 2.75) is 97.8 Å². The van der Waals surface area contributed by atoms with Crippen molar-refractivity contribution in [2.75, 3.05) is 5.33 Å². The molecule has 0 saturated heterocycles. The molecule has 0 aliphatic rings. The number of nitrogens with one attached hydrogen (secondary N) is 1. The summed E-state index contributed by atoms with van der Waals surface area (Å²) in [4.78, 5) is 24.8. The number of alkyl halides is 1. The largest absolute Gasteiger partial charge is 0.443 e. The van der Waals surface area contributed by atoms with Crippen LogP contribution in [0.2, 0.25) is 0 Å². The Morgan fingerprint density at radius 2 is 1.40 bits per heavy atom. The highest BCUT2D eigenvalue weighted by Crippen LogP contribution is 2.23. The van der Waals surface area contributed by atoms with Crippen LogP contribution in [-0.4, -0.2) is 39.3 Å². The van der Waals surface area contributed by atoms with E-state index in [1.165, 1.54) is 5.01 Å². The van der Waals surface area contributed by atoms with Crippen LogP contribution in [-0.2, 0) is 9.47 Å². The number of ether oxygens (including phenoxy) is 2. The SMILES string of the molecule is CC(C)(C)OC(=O)NN(C(=O)OC(C)(C)C)C(C)(C)CCCCCBr. The van der Waals surface area contributed by atoms with Crippen molar-refractivity contribution >= 4 is 28.1 Å². The van der Waals surface area contributed by atoms with E-state index in [0.717, 1.165) is 31.0 Å². The van der Waals surface area contributed by atoms with Gasteiger partial charge in [0.1, 0.15) is 11.2 Å². The van der Waals surface area contributed by atoms with Gasteiger partial charge in [-0.25, -0.2) is 20.0 Å². The van der Waals surface area contributed by atoms with E-state index in [9.17, 15) is 9.59 Å². The first-order valence-corrected chi connectivity index (χ1v) is 9.89. The average Bonchev–Trinajstić information content (AvgIpc) is 2.36. The molecule has 0 spiro atoms. The number of halogens is 1. The van der Waals surface area contributed by atoms with E-state index in [0.29, 0.717) is 0 Å². The highest BCUT2D eigenvalue weighted by Gasteiger charge is 2.36. The molecular formula is C18H35BrN2O4. The summed E-state index contributed by atoms with van der Waals surface area (Å²) in [7, 11) is 0. The number of carbonyl (C=O) groups excluding carboxylic acids is 2. The highest BCUT2D eigenvalue weighted by molar-refractivity contribution is 9.09. The summed E-state index contributed by atoms with van der Waals surface area (Å²) in [6, 6.07) is 0. The van der Waals surface area contributed by atoms with Gasteiger partial charge in [-0.15, -0.1) is 0 Å². The van der Waals surface area contributed by atoms with Crippen LogP contribution >= 0.6 is 15.9 Å². The number of amides is 2. The number of hydrogen-bond acceptors (Lipinski definition) is 4. The maximum Gasteiger partial charge on any atom is 0.429 e. The lowest BCUT2D eigenvalue weighted by Crippen LogP contribution is -2.59. The Morgan fingerprint density at radius 1 is 0.880 bits per heavy atom. The van der Waals surface area contributed by atoms with Crippen molar-refractivity contribution in [3.8, 4) is 0 Å². The van der Waals surface area contributed by atoms with Crippen LogP contribution in [0.25, 0.3) is 0 Å². The molecule has 0 aliphatic heterocycles. The Bertz CT molecular complexity index is 439. The van der Waals surface area contributed by atoms with Crippen molar-refractivity contribution in [1.29, 1.82) is 0 Å². The van der Waals surface area contributed by atoms with Crippen molar-refractivity contribution in [3.63, 3.8) is 0 Å². The van der Waals surface area contributed by atoms with E-state index in [1.54, 1.807) is 41.5 Å². The minimum absolute atomic E-state index is 0.594. The Hall–Kier alpha value is -0.980. The van der Waals surface area contributed by atoms with E-state index in [1.807, 2.05) is 13.8 Å². The summed E-state index contributed by atoms with van der Waals surface area (Å²) in [5, 5.41) is 2.21. The van der Waals surface area contributed by atoms with Gasteiger partial charge in [0.05, 0.1) is 5.54 Å². The van der Waals surface area contributed by atoms with Crippen molar-refractivity contribution < 1.29 is 19.1 Å². The maximum atomic E-state index is 12.6. The summed E-state index contributed by atoms with van der Waals surface area (Å²) in [6.45, 7) is 14.5. The molecule has 148 valence electrons. The third-order valence-electron chi connectivity index (χ3n) is 3.21. The average molecular weight is 423 g/mol. The Balaban J connectivity index is 5.16. The zero-order chi connectivity index (χ0) is 19.9. The number of hydrazine groups is 1. The molecule has 0 aromatic carbocycles. The number of rotatable bonds is 6. The van der Waals surface area contributed by atoms with Gasteiger partial charge in [-0.3, -0.25) is 0 Å². The fourth-order valence-corrected chi connectivity index (χ4v) is 2.48. The van der Waals surface area contributed by atoms with Crippen LogP contribution in [0.5, 0.6) is 0 Å². The lowest BCUT2D eigenvalue weighted by Gasteiger charge is -2.39. The summed E-state index contributed by atoms with van der Waals surface area (Å²) in [5.41, 5.74) is 0.655. The fraction of sp³-hybridized carbons (Fsp3) is 0.889. The first-order valence-electron chi connectivity index (χ1n) is 8.77. The van der Waals surface area contributed by atoms with Crippen molar-refractivity contribution in [2.24, 2.45) is 0 Å². The quantitative estimate of drug-likeness (QED) is 0.353. The summed E-state index contributed by atoms with van der Waals surface area (Å²) >= 11 is 3.42. The summed E-state index contributed by atoms with van der Waals surface area (Å²) in [6.07, 6.45) is 2.52. The molecule has 0 atom stereocenters. The summed E-state index contributed by atoms with van der Waals surface area (Å²) in [5.74, 6) is 0. The number of nitrogens with zero attached hydrogens (tertiary/aromatic N) is 1. The normalized spacial score (nSPS) is 12.5. The van der Waals surface area contributed by atoms with Gasteiger partial charge in [0.15, 0.2) is 0 Å². The first kappa shape index (κ1) is 24.0. The predicted molar refractivity (Wildman–Crippen MR) is 104 cm³/mol. The van der Waals surface area contributed by atoms with Crippen molar-refractivity contribution in [3.05, 3.63) is 0 Å². The topological polar surface area (TPSA) is 67.9 Å². The van der Waals surface area contributed by atoms with Gasteiger partial charge in [-0.2, -0.15) is 0 Å². The second-order valence-corrected chi connectivity index (χ2v) is 9.53. The van der Waals surface area contributed by atoms with E-state index in [4.69, 9.17) is 9.47 Å². The van der Waals surface area contributed by atoms with Crippen LogP contribution in [0.3, 0.4) is 0 Å². The summed E-state index contributed by atoms with van der Waals surface area (Å²) < 4.78 is 10.7. The Kier molecular flexibility index (Phi) is 9.27. The standard InChI is InChI=1S/C18H35BrN2O4/c1-16(2,3)24-14(22)20-21(15(23)25-17(4,5)6)18(7,8)12-10-9-11-13-19/h9-13H2,1-8H3,(H,20,22). The lowest BCUT2D eigenvalue weighted by molar-refractivity contribution is -0.0266. The molecule has 6 nitrogen and oxygen atoms in total. The molecule has 0 rings (SSSR count). The Labute approximate surface area is 161 Å². The lowest BCUT2D eigenvalue weighted by atomic mass is 9.96. The third-order valence-corrected chi connectivity index (χ3v) is 3.77. The van der Waals surface area contributed by atoms with Gasteiger partial charge >= 0.3 is 12.2 Å². The predicted octanol–water partition coefficient (Wildman–Crippen LogP) is 5.40. The second kappa shape index (κ2) is 9.64. The van der Waals surface area contributed by atoms with Gasteiger partial charge in [0.25, 0.3) is 0 Å². The van der Waals surface area contributed by atoms with Crippen LogP contribution in [0, 0.1) is 0 Å². The van der Waals surface area contributed by atoms with Gasteiger partial charge in [-0.05, 0) is 68.2 Å². The molecule has 1 N–H and O–H groups in total. The molecule has 0 aromatic rings.